The SMILES string of the molecule is O=[N+]([O-])c1cc(F)c(CC(Br)C2CC2)c2ncccc12. The number of aromatic nitrogens is 1. The first-order chi connectivity index (χ1) is 9.58. The molecule has 1 heterocycles. The Morgan fingerprint density at radius 1 is 1.55 bits per heavy atom. The van der Waals surface area contributed by atoms with Crippen LogP contribution in [0.25, 0.3) is 10.9 Å². The number of fused-ring (bicyclic) bond motifs is 1. The summed E-state index contributed by atoms with van der Waals surface area (Å²) in [5.41, 5.74) is 0.621. The van der Waals surface area contributed by atoms with Crippen molar-refractivity contribution in [3.8, 4) is 0 Å². The van der Waals surface area contributed by atoms with Gasteiger partial charge in [0.05, 0.1) is 21.9 Å². The van der Waals surface area contributed by atoms with Gasteiger partial charge in [0.15, 0.2) is 0 Å². The molecule has 1 aliphatic rings. The number of hydrogen-bond acceptors (Lipinski definition) is 3. The van der Waals surface area contributed by atoms with Gasteiger partial charge in [-0.25, -0.2) is 4.39 Å². The summed E-state index contributed by atoms with van der Waals surface area (Å²) in [6.07, 6.45) is 4.34. The minimum Gasteiger partial charge on any atom is -0.258 e. The van der Waals surface area contributed by atoms with E-state index in [1.54, 1.807) is 12.1 Å². The minimum absolute atomic E-state index is 0.198. The third-order valence-corrected chi connectivity index (χ3v) is 4.72. The number of hydrogen-bond donors (Lipinski definition) is 0. The Bertz CT molecular complexity index is 688. The summed E-state index contributed by atoms with van der Waals surface area (Å²) in [5.74, 6) is 0.0244. The molecule has 0 spiro atoms. The van der Waals surface area contributed by atoms with Crippen LogP contribution in [-0.2, 0) is 6.42 Å². The molecule has 0 bridgehead atoms. The number of nitrogens with zero attached hydrogens (tertiary/aromatic N) is 2. The highest BCUT2D eigenvalue weighted by molar-refractivity contribution is 9.09. The minimum atomic E-state index is -0.566. The first-order valence-corrected chi connectivity index (χ1v) is 7.34. The number of nitro benzene ring substituents is 1. The van der Waals surface area contributed by atoms with Gasteiger partial charge < -0.3 is 0 Å². The van der Waals surface area contributed by atoms with Crippen molar-refractivity contribution < 1.29 is 9.31 Å². The fraction of sp³-hybridized carbons (Fsp3) is 0.357. The van der Waals surface area contributed by atoms with Crippen molar-refractivity contribution in [1.29, 1.82) is 0 Å². The molecule has 0 saturated heterocycles. The Labute approximate surface area is 123 Å². The van der Waals surface area contributed by atoms with Crippen molar-refractivity contribution >= 4 is 32.5 Å². The van der Waals surface area contributed by atoms with Gasteiger partial charge in [0.1, 0.15) is 5.82 Å². The second-order valence-corrected chi connectivity index (χ2v) is 6.25. The van der Waals surface area contributed by atoms with E-state index in [0.29, 0.717) is 28.8 Å². The van der Waals surface area contributed by atoms with Crippen molar-refractivity contribution in [2.75, 3.05) is 0 Å². The zero-order chi connectivity index (χ0) is 14.3. The van der Waals surface area contributed by atoms with Crippen LogP contribution in [0.5, 0.6) is 0 Å². The second kappa shape index (κ2) is 5.09. The fourth-order valence-electron chi connectivity index (χ4n) is 2.42. The van der Waals surface area contributed by atoms with Crippen molar-refractivity contribution in [3.63, 3.8) is 0 Å². The van der Waals surface area contributed by atoms with Crippen LogP contribution in [-0.4, -0.2) is 14.7 Å². The maximum Gasteiger partial charge on any atom is 0.281 e. The molecule has 6 heteroatoms. The van der Waals surface area contributed by atoms with Crippen LogP contribution >= 0.6 is 15.9 Å². The normalized spacial score (nSPS) is 16.3. The molecule has 2 aromatic rings. The number of non-ortho nitro benzene ring substituents is 1. The summed E-state index contributed by atoms with van der Waals surface area (Å²) < 4.78 is 14.2. The lowest BCUT2D eigenvalue weighted by molar-refractivity contribution is -0.383. The maximum atomic E-state index is 14.2. The van der Waals surface area contributed by atoms with Crippen LogP contribution in [0.15, 0.2) is 24.4 Å². The Morgan fingerprint density at radius 3 is 2.95 bits per heavy atom. The maximum absolute atomic E-state index is 14.2. The number of alkyl halides is 1. The van der Waals surface area contributed by atoms with Crippen LogP contribution in [0.1, 0.15) is 18.4 Å². The van der Waals surface area contributed by atoms with Gasteiger partial charge in [0.25, 0.3) is 5.69 Å². The van der Waals surface area contributed by atoms with E-state index < -0.39 is 10.7 Å². The lowest BCUT2D eigenvalue weighted by Gasteiger charge is -2.11. The van der Waals surface area contributed by atoms with Gasteiger partial charge in [0, 0.05) is 16.6 Å². The quantitative estimate of drug-likeness (QED) is 0.481. The molecule has 1 atom stereocenters. The summed E-state index contributed by atoms with van der Waals surface area (Å²) in [6.45, 7) is 0. The van der Waals surface area contributed by atoms with E-state index in [9.17, 15) is 14.5 Å². The van der Waals surface area contributed by atoms with E-state index >= 15 is 0 Å². The van der Waals surface area contributed by atoms with Crippen LogP contribution in [0.3, 0.4) is 0 Å². The molecule has 104 valence electrons. The Balaban J connectivity index is 2.13. The van der Waals surface area contributed by atoms with Gasteiger partial charge in [-0.3, -0.25) is 15.1 Å². The van der Waals surface area contributed by atoms with E-state index in [4.69, 9.17) is 0 Å². The number of pyridine rings is 1. The summed E-state index contributed by atoms with van der Waals surface area (Å²) >= 11 is 3.58. The Morgan fingerprint density at radius 2 is 2.30 bits per heavy atom. The smallest absolute Gasteiger partial charge is 0.258 e. The predicted molar refractivity (Wildman–Crippen MR) is 77.5 cm³/mol. The zero-order valence-corrected chi connectivity index (χ0v) is 12.1. The highest BCUT2D eigenvalue weighted by Gasteiger charge is 2.31. The molecule has 0 radical (unpaired) electrons. The molecule has 4 nitrogen and oxygen atoms in total. The predicted octanol–water partition coefficient (Wildman–Crippen LogP) is 4.00. The van der Waals surface area contributed by atoms with Gasteiger partial charge in [-0.2, -0.15) is 0 Å². The molecular formula is C14H12BrFN2O2. The lowest BCUT2D eigenvalue weighted by atomic mass is 10.0. The molecule has 0 N–H and O–H groups in total. The van der Waals surface area contributed by atoms with Gasteiger partial charge in [-0.1, -0.05) is 15.9 Å². The van der Waals surface area contributed by atoms with Crippen molar-refractivity contribution in [2.45, 2.75) is 24.1 Å². The average Bonchev–Trinajstić information content (AvgIpc) is 3.25. The molecule has 1 aliphatic carbocycles. The Kier molecular flexibility index (Phi) is 3.41. The number of nitro groups is 1. The number of rotatable bonds is 4. The third-order valence-electron chi connectivity index (χ3n) is 3.65. The molecule has 0 aliphatic heterocycles. The summed E-state index contributed by atoms with van der Waals surface area (Å²) in [7, 11) is 0. The second-order valence-electron chi connectivity index (χ2n) is 5.07. The van der Waals surface area contributed by atoms with Crippen molar-refractivity contribution in [2.24, 2.45) is 5.92 Å². The zero-order valence-electron chi connectivity index (χ0n) is 10.6. The number of halogens is 2. The largest absolute Gasteiger partial charge is 0.281 e. The van der Waals surface area contributed by atoms with Gasteiger partial charge >= 0.3 is 0 Å². The number of benzene rings is 1. The van der Waals surface area contributed by atoms with Crippen LogP contribution < -0.4 is 0 Å². The first kappa shape index (κ1) is 13.4. The molecule has 1 fully saturated rings. The molecule has 0 amide bonds. The van der Waals surface area contributed by atoms with Gasteiger partial charge in [-0.15, -0.1) is 0 Å². The van der Waals surface area contributed by atoms with Crippen molar-refractivity contribution in [3.05, 3.63) is 45.9 Å². The van der Waals surface area contributed by atoms with Crippen LogP contribution in [0.2, 0.25) is 0 Å². The van der Waals surface area contributed by atoms with Gasteiger partial charge in [-0.05, 0) is 37.3 Å². The molecule has 1 unspecified atom stereocenters. The van der Waals surface area contributed by atoms with E-state index in [1.807, 2.05) is 0 Å². The average molecular weight is 339 g/mol. The van der Waals surface area contributed by atoms with E-state index in [-0.39, 0.29) is 10.5 Å². The molecule has 3 rings (SSSR count). The Hall–Kier alpha value is -1.56. The van der Waals surface area contributed by atoms with E-state index in [0.717, 1.165) is 18.9 Å². The monoisotopic (exact) mass is 338 g/mol. The standard InChI is InChI=1S/C14H12BrFN2O2/c15-11(8-3-4-8)6-10-12(16)7-13(18(19)20)9-2-1-5-17-14(9)10/h1-2,5,7-8,11H,3-4,6H2. The molecule has 1 aromatic heterocycles. The fourth-order valence-corrected chi connectivity index (χ4v) is 3.27. The summed E-state index contributed by atoms with van der Waals surface area (Å²) in [6, 6.07) is 4.25. The van der Waals surface area contributed by atoms with Gasteiger partial charge in [0.2, 0.25) is 0 Å². The molecule has 1 saturated carbocycles. The molecular weight excluding hydrogens is 327 g/mol. The summed E-state index contributed by atoms with van der Waals surface area (Å²) in [5, 5.41) is 11.4. The molecule has 20 heavy (non-hydrogen) atoms. The lowest BCUT2D eigenvalue weighted by Crippen LogP contribution is -2.08. The topological polar surface area (TPSA) is 56.0 Å². The summed E-state index contributed by atoms with van der Waals surface area (Å²) in [4.78, 5) is 14.8. The highest BCUT2D eigenvalue weighted by atomic mass is 79.9. The highest BCUT2D eigenvalue weighted by Crippen LogP contribution is 2.40. The van der Waals surface area contributed by atoms with Crippen LogP contribution in [0, 0.1) is 21.8 Å². The van der Waals surface area contributed by atoms with Crippen molar-refractivity contribution in [1.82, 2.24) is 4.98 Å². The van der Waals surface area contributed by atoms with E-state index in [2.05, 4.69) is 20.9 Å². The third kappa shape index (κ3) is 2.40. The molecule has 1 aromatic carbocycles. The van der Waals surface area contributed by atoms with E-state index in [1.165, 1.54) is 6.20 Å². The first-order valence-electron chi connectivity index (χ1n) is 6.42. The van der Waals surface area contributed by atoms with Crippen LogP contribution in [0.4, 0.5) is 10.1 Å².